The Morgan fingerprint density at radius 3 is 2.75 bits per heavy atom. The summed E-state index contributed by atoms with van der Waals surface area (Å²) in [6.45, 7) is 1.95. The van der Waals surface area contributed by atoms with Crippen LogP contribution >= 0.6 is 11.6 Å². The average Bonchev–Trinajstić information content (AvgIpc) is 2.46. The van der Waals surface area contributed by atoms with Crippen molar-refractivity contribution in [2.45, 2.75) is 13.0 Å². The van der Waals surface area contributed by atoms with Gasteiger partial charge >= 0.3 is 5.97 Å². The number of hydrogen-bond acceptors (Lipinski definition) is 3. The molecule has 5 heteroatoms. The van der Waals surface area contributed by atoms with Crippen LogP contribution < -0.4 is 0 Å². The van der Waals surface area contributed by atoms with Gasteiger partial charge in [-0.2, -0.15) is 0 Å². The van der Waals surface area contributed by atoms with Crippen LogP contribution in [0.4, 0.5) is 0 Å². The van der Waals surface area contributed by atoms with Crippen molar-refractivity contribution in [2.75, 3.05) is 7.11 Å². The van der Waals surface area contributed by atoms with Gasteiger partial charge in [-0.1, -0.05) is 29.8 Å². The normalized spacial score (nSPS) is 12.2. The third-order valence-corrected chi connectivity index (χ3v) is 3.36. The lowest BCUT2D eigenvalue weighted by Gasteiger charge is -2.12. The van der Waals surface area contributed by atoms with Crippen molar-refractivity contribution in [3.05, 3.63) is 52.7 Å². The molecule has 20 heavy (non-hydrogen) atoms. The molecule has 0 amide bonds. The number of nitrogens with zero attached hydrogens (tertiary/aromatic N) is 1. The van der Waals surface area contributed by atoms with Gasteiger partial charge in [0.2, 0.25) is 0 Å². The molecule has 1 aromatic carbocycles. The summed E-state index contributed by atoms with van der Waals surface area (Å²) in [6, 6.07) is 9.06. The van der Waals surface area contributed by atoms with E-state index < -0.39 is 5.97 Å². The standard InChI is InChI=1S/C15H14ClNO3/c1-9(20-2)10-4-3-5-11(6-10)14-13(16)7-12(8-17-14)15(18)19/h3-9H,1-2H3,(H,18,19)/t9-/m0/s1. The minimum absolute atomic E-state index is 0.0352. The van der Waals surface area contributed by atoms with Gasteiger partial charge in [-0.3, -0.25) is 4.98 Å². The number of aromatic carboxylic acids is 1. The molecule has 1 heterocycles. The highest BCUT2D eigenvalue weighted by Crippen LogP contribution is 2.28. The van der Waals surface area contributed by atoms with Gasteiger partial charge in [-0.15, -0.1) is 0 Å². The maximum absolute atomic E-state index is 10.9. The quantitative estimate of drug-likeness (QED) is 0.930. The van der Waals surface area contributed by atoms with Crippen LogP contribution in [0.25, 0.3) is 11.3 Å². The number of ether oxygens (including phenoxy) is 1. The molecule has 0 bridgehead atoms. The molecule has 0 radical (unpaired) electrons. The van der Waals surface area contributed by atoms with Gasteiger partial charge < -0.3 is 9.84 Å². The maximum atomic E-state index is 10.9. The Balaban J connectivity index is 2.44. The van der Waals surface area contributed by atoms with Crippen LogP contribution in [0, 0.1) is 0 Å². The van der Waals surface area contributed by atoms with Crippen LogP contribution in [-0.4, -0.2) is 23.2 Å². The molecule has 0 saturated carbocycles. The lowest BCUT2D eigenvalue weighted by molar-refractivity contribution is 0.0696. The number of rotatable bonds is 4. The van der Waals surface area contributed by atoms with E-state index in [1.165, 1.54) is 12.3 Å². The molecule has 0 unspecified atom stereocenters. The van der Waals surface area contributed by atoms with Gasteiger partial charge in [-0.05, 0) is 24.6 Å². The monoisotopic (exact) mass is 291 g/mol. The second-order valence-electron chi connectivity index (χ2n) is 4.36. The molecule has 1 N–H and O–H groups in total. The summed E-state index contributed by atoms with van der Waals surface area (Å²) < 4.78 is 5.28. The number of halogens is 1. The van der Waals surface area contributed by atoms with Crippen molar-refractivity contribution in [3.63, 3.8) is 0 Å². The summed E-state index contributed by atoms with van der Waals surface area (Å²) in [5, 5.41) is 9.22. The Morgan fingerprint density at radius 2 is 2.15 bits per heavy atom. The Labute approximate surface area is 122 Å². The van der Waals surface area contributed by atoms with Gasteiger partial charge in [0.05, 0.1) is 22.4 Å². The van der Waals surface area contributed by atoms with Crippen LogP contribution in [0.2, 0.25) is 5.02 Å². The topological polar surface area (TPSA) is 59.4 Å². The molecule has 0 aliphatic heterocycles. The van der Waals surface area contributed by atoms with Crippen LogP contribution in [0.15, 0.2) is 36.5 Å². The minimum atomic E-state index is -1.05. The van der Waals surface area contributed by atoms with Crippen molar-refractivity contribution < 1.29 is 14.6 Å². The molecule has 4 nitrogen and oxygen atoms in total. The lowest BCUT2D eigenvalue weighted by Crippen LogP contribution is -1.99. The predicted molar refractivity (Wildman–Crippen MR) is 77.1 cm³/mol. The van der Waals surface area contributed by atoms with Gasteiger partial charge in [0.25, 0.3) is 0 Å². The molecule has 0 aliphatic carbocycles. The Bertz CT molecular complexity index is 643. The zero-order valence-electron chi connectivity index (χ0n) is 11.1. The zero-order chi connectivity index (χ0) is 14.7. The first-order chi connectivity index (χ1) is 9.52. The van der Waals surface area contributed by atoms with Crippen molar-refractivity contribution in [3.8, 4) is 11.3 Å². The van der Waals surface area contributed by atoms with E-state index in [1.54, 1.807) is 7.11 Å². The van der Waals surface area contributed by atoms with E-state index in [1.807, 2.05) is 31.2 Å². The second-order valence-corrected chi connectivity index (χ2v) is 4.77. The number of carbonyl (C=O) groups is 1. The van der Waals surface area contributed by atoms with Crippen LogP contribution in [0.3, 0.4) is 0 Å². The van der Waals surface area contributed by atoms with E-state index in [4.69, 9.17) is 21.4 Å². The second kappa shape index (κ2) is 6.03. The largest absolute Gasteiger partial charge is 0.478 e. The molecular weight excluding hydrogens is 278 g/mol. The van der Waals surface area contributed by atoms with Crippen LogP contribution in [0.5, 0.6) is 0 Å². The van der Waals surface area contributed by atoms with E-state index in [0.717, 1.165) is 11.1 Å². The highest BCUT2D eigenvalue weighted by Gasteiger charge is 2.12. The molecule has 1 aromatic heterocycles. The summed E-state index contributed by atoms with van der Waals surface area (Å²) in [7, 11) is 1.64. The third kappa shape index (κ3) is 2.98. The molecular formula is C15H14ClNO3. The van der Waals surface area contributed by atoms with Gasteiger partial charge in [0.15, 0.2) is 0 Å². The smallest absolute Gasteiger partial charge is 0.337 e. The van der Waals surface area contributed by atoms with Crippen LogP contribution in [-0.2, 0) is 4.74 Å². The van der Waals surface area contributed by atoms with E-state index in [9.17, 15) is 4.79 Å². The number of methoxy groups -OCH3 is 1. The first-order valence-electron chi connectivity index (χ1n) is 6.05. The van der Waals surface area contributed by atoms with Crippen molar-refractivity contribution in [1.29, 1.82) is 0 Å². The van der Waals surface area contributed by atoms with Gasteiger partial charge in [0.1, 0.15) is 0 Å². The van der Waals surface area contributed by atoms with Gasteiger partial charge in [0, 0.05) is 18.9 Å². The maximum Gasteiger partial charge on any atom is 0.337 e. The Morgan fingerprint density at radius 1 is 1.40 bits per heavy atom. The number of carboxylic acids is 1. The highest BCUT2D eigenvalue weighted by atomic mass is 35.5. The predicted octanol–water partition coefficient (Wildman–Crippen LogP) is 3.81. The third-order valence-electron chi connectivity index (χ3n) is 3.07. The SMILES string of the molecule is CO[C@@H](C)c1cccc(-c2ncc(C(=O)O)cc2Cl)c1. The number of benzene rings is 1. The first-order valence-corrected chi connectivity index (χ1v) is 6.42. The first kappa shape index (κ1) is 14.5. The summed E-state index contributed by atoms with van der Waals surface area (Å²) in [6.07, 6.45) is 1.27. The zero-order valence-corrected chi connectivity index (χ0v) is 11.9. The number of carboxylic acid groups (broad SMARTS) is 1. The van der Waals surface area contributed by atoms with E-state index in [0.29, 0.717) is 10.7 Å². The van der Waals surface area contributed by atoms with E-state index in [-0.39, 0.29) is 11.7 Å². The summed E-state index contributed by atoms with van der Waals surface area (Å²) in [4.78, 5) is 15.0. The van der Waals surface area contributed by atoms with E-state index in [2.05, 4.69) is 4.98 Å². The summed E-state index contributed by atoms with van der Waals surface area (Å²) >= 11 is 6.12. The molecule has 1 atom stereocenters. The number of hydrogen-bond donors (Lipinski definition) is 1. The molecule has 0 spiro atoms. The fraction of sp³-hybridized carbons (Fsp3) is 0.200. The summed E-state index contributed by atoms with van der Waals surface area (Å²) in [5.41, 5.74) is 2.46. The Hall–Kier alpha value is -1.91. The molecule has 104 valence electrons. The Kier molecular flexibility index (Phi) is 4.37. The van der Waals surface area contributed by atoms with Crippen molar-refractivity contribution >= 4 is 17.6 Å². The molecule has 2 rings (SSSR count). The minimum Gasteiger partial charge on any atom is -0.478 e. The number of pyridine rings is 1. The summed E-state index contributed by atoms with van der Waals surface area (Å²) in [5.74, 6) is -1.05. The molecule has 0 aliphatic rings. The fourth-order valence-electron chi connectivity index (χ4n) is 1.84. The van der Waals surface area contributed by atoms with Crippen molar-refractivity contribution in [2.24, 2.45) is 0 Å². The molecule has 0 saturated heterocycles. The van der Waals surface area contributed by atoms with Gasteiger partial charge in [-0.25, -0.2) is 4.79 Å². The average molecular weight is 292 g/mol. The highest BCUT2D eigenvalue weighted by molar-refractivity contribution is 6.33. The molecule has 2 aromatic rings. The van der Waals surface area contributed by atoms with Crippen molar-refractivity contribution in [1.82, 2.24) is 4.98 Å². The van der Waals surface area contributed by atoms with Crippen LogP contribution in [0.1, 0.15) is 28.9 Å². The lowest BCUT2D eigenvalue weighted by atomic mass is 10.0. The number of aromatic nitrogens is 1. The molecule has 0 fully saturated rings. The van der Waals surface area contributed by atoms with E-state index >= 15 is 0 Å². The fourth-order valence-corrected chi connectivity index (χ4v) is 2.12.